The third kappa shape index (κ3) is 4.99. The number of nitrogens with one attached hydrogen (secondary N) is 1. The number of amidine groups is 1. The number of rotatable bonds is 4. The molecule has 19 heavy (non-hydrogen) atoms. The average Bonchev–Trinajstić information content (AvgIpc) is 2.38. The summed E-state index contributed by atoms with van der Waals surface area (Å²) in [7, 11) is 0. The summed E-state index contributed by atoms with van der Waals surface area (Å²) in [4.78, 5) is 7.28. The lowest BCUT2D eigenvalue weighted by Crippen LogP contribution is -2.39. The lowest BCUT2D eigenvalue weighted by atomic mass is 9.97. The molecule has 0 aromatic carbocycles. The van der Waals surface area contributed by atoms with Gasteiger partial charge in [0.1, 0.15) is 0 Å². The van der Waals surface area contributed by atoms with Crippen LogP contribution in [-0.4, -0.2) is 48.0 Å². The first-order valence-corrected chi connectivity index (χ1v) is 8.71. The van der Waals surface area contributed by atoms with E-state index >= 15 is 0 Å². The van der Waals surface area contributed by atoms with Crippen molar-refractivity contribution in [3.63, 3.8) is 0 Å². The fraction of sp³-hybridized carbons (Fsp3) is 0.933. The normalized spacial score (nSPS) is 27.9. The first-order valence-electron chi connectivity index (χ1n) is 7.72. The van der Waals surface area contributed by atoms with E-state index < -0.39 is 0 Å². The van der Waals surface area contributed by atoms with Crippen LogP contribution < -0.4 is 5.32 Å². The van der Waals surface area contributed by atoms with Gasteiger partial charge in [0, 0.05) is 31.4 Å². The van der Waals surface area contributed by atoms with E-state index in [1.54, 1.807) is 0 Å². The Morgan fingerprint density at radius 1 is 1.42 bits per heavy atom. The molecule has 1 fully saturated rings. The van der Waals surface area contributed by atoms with Crippen molar-refractivity contribution in [1.29, 1.82) is 0 Å². The molecule has 2 rings (SSSR count). The molecule has 1 atom stereocenters. The molecule has 2 heterocycles. The molecule has 1 saturated heterocycles. The Labute approximate surface area is 122 Å². The standard InChI is InChI=1S/C15H29N3S/c1-13-7-4-5-9-18(13)10-6-8-16-14-17-11-15(2,3)12-19-14/h13H,4-12H2,1-3H3,(H,16,17). The number of aliphatic imine (C=N–C) groups is 1. The maximum absolute atomic E-state index is 4.64. The van der Waals surface area contributed by atoms with Crippen LogP contribution in [0.3, 0.4) is 0 Å². The van der Waals surface area contributed by atoms with Crippen molar-refractivity contribution in [2.24, 2.45) is 10.4 Å². The van der Waals surface area contributed by atoms with Crippen LogP contribution in [0.5, 0.6) is 0 Å². The molecule has 0 spiro atoms. The van der Waals surface area contributed by atoms with Gasteiger partial charge in [-0.2, -0.15) is 0 Å². The smallest absolute Gasteiger partial charge is 0.156 e. The van der Waals surface area contributed by atoms with Gasteiger partial charge in [0.15, 0.2) is 5.17 Å². The van der Waals surface area contributed by atoms with Crippen molar-refractivity contribution >= 4 is 16.9 Å². The van der Waals surface area contributed by atoms with Gasteiger partial charge in [-0.25, -0.2) is 0 Å². The summed E-state index contributed by atoms with van der Waals surface area (Å²) in [6.45, 7) is 11.5. The highest BCUT2D eigenvalue weighted by atomic mass is 32.2. The maximum atomic E-state index is 4.64. The summed E-state index contributed by atoms with van der Waals surface area (Å²) in [6.07, 6.45) is 5.41. The summed E-state index contributed by atoms with van der Waals surface area (Å²) >= 11 is 1.88. The number of nitrogens with zero attached hydrogens (tertiary/aromatic N) is 2. The number of likely N-dealkylation sites (tertiary alicyclic amines) is 1. The Morgan fingerprint density at radius 2 is 2.26 bits per heavy atom. The fourth-order valence-electron chi connectivity index (χ4n) is 2.72. The van der Waals surface area contributed by atoms with Gasteiger partial charge in [-0.1, -0.05) is 32.0 Å². The van der Waals surface area contributed by atoms with Crippen LogP contribution in [0.2, 0.25) is 0 Å². The minimum atomic E-state index is 0.374. The van der Waals surface area contributed by atoms with Crippen LogP contribution in [0.15, 0.2) is 4.99 Å². The van der Waals surface area contributed by atoms with Crippen LogP contribution in [0, 0.1) is 5.41 Å². The molecule has 0 bridgehead atoms. The highest BCUT2D eigenvalue weighted by Crippen LogP contribution is 2.26. The molecule has 2 aliphatic rings. The molecule has 0 radical (unpaired) electrons. The van der Waals surface area contributed by atoms with E-state index in [2.05, 4.69) is 36.0 Å². The highest BCUT2D eigenvalue weighted by molar-refractivity contribution is 8.13. The number of hydrogen-bond donors (Lipinski definition) is 1. The van der Waals surface area contributed by atoms with E-state index in [-0.39, 0.29) is 0 Å². The van der Waals surface area contributed by atoms with Crippen molar-refractivity contribution in [2.75, 3.05) is 31.9 Å². The van der Waals surface area contributed by atoms with E-state index in [0.29, 0.717) is 5.41 Å². The Kier molecular flexibility index (Phi) is 5.58. The first kappa shape index (κ1) is 15.2. The van der Waals surface area contributed by atoms with Crippen molar-refractivity contribution in [1.82, 2.24) is 10.2 Å². The molecule has 4 heteroatoms. The summed E-state index contributed by atoms with van der Waals surface area (Å²) in [6, 6.07) is 0.788. The van der Waals surface area contributed by atoms with Crippen molar-refractivity contribution in [3.8, 4) is 0 Å². The van der Waals surface area contributed by atoms with Gasteiger partial charge in [-0.3, -0.25) is 4.99 Å². The van der Waals surface area contributed by atoms with Crippen molar-refractivity contribution in [2.45, 2.75) is 52.5 Å². The number of hydrogen-bond acceptors (Lipinski definition) is 4. The van der Waals surface area contributed by atoms with Crippen LogP contribution >= 0.6 is 11.8 Å². The van der Waals surface area contributed by atoms with E-state index in [4.69, 9.17) is 0 Å². The SMILES string of the molecule is CC1CCCCN1CCCNC1=NCC(C)(C)CS1. The third-order valence-corrected chi connectivity index (χ3v) is 5.56. The van der Waals surface area contributed by atoms with Gasteiger partial charge >= 0.3 is 0 Å². The Balaban J connectivity index is 1.60. The van der Waals surface area contributed by atoms with E-state index in [9.17, 15) is 0 Å². The van der Waals surface area contributed by atoms with Gasteiger partial charge < -0.3 is 10.2 Å². The van der Waals surface area contributed by atoms with Crippen LogP contribution in [0.1, 0.15) is 46.5 Å². The summed E-state index contributed by atoms with van der Waals surface area (Å²) < 4.78 is 0. The second-order valence-electron chi connectivity index (χ2n) is 6.74. The molecular weight excluding hydrogens is 254 g/mol. The van der Waals surface area contributed by atoms with Gasteiger partial charge in [0.25, 0.3) is 0 Å². The van der Waals surface area contributed by atoms with Crippen molar-refractivity contribution in [3.05, 3.63) is 0 Å². The van der Waals surface area contributed by atoms with Crippen LogP contribution in [0.4, 0.5) is 0 Å². The lowest BCUT2D eigenvalue weighted by molar-refractivity contribution is 0.159. The molecule has 0 aromatic rings. The van der Waals surface area contributed by atoms with Crippen molar-refractivity contribution < 1.29 is 0 Å². The largest absolute Gasteiger partial charge is 0.365 e. The zero-order valence-corrected chi connectivity index (χ0v) is 13.6. The molecule has 2 aliphatic heterocycles. The van der Waals surface area contributed by atoms with Crippen LogP contribution in [0.25, 0.3) is 0 Å². The molecule has 1 unspecified atom stereocenters. The first-order chi connectivity index (χ1) is 9.07. The third-order valence-electron chi connectivity index (χ3n) is 4.09. The molecule has 0 aromatic heterocycles. The summed E-state index contributed by atoms with van der Waals surface area (Å²) in [5.74, 6) is 1.18. The zero-order valence-electron chi connectivity index (χ0n) is 12.7. The number of piperidine rings is 1. The van der Waals surface area contributed by atoms with Crippen LogP contribution in [-0.2, 0) is 0 Å². The topological polar surface area (TPSA) is 27.6 Å². The average molecular weight is 283 g/mol. The maximum Gasteiger partial charge on any atom is 0.156 e. The Bertz CT molecular complexity index is 315. The molecule has 0 amide bonds. The molecule has 110 valence electrons. The summed E-state index contributed by atoms with van der Waals surface area (Å²) in [5, 5.41) is 4.66. The predicted octanol–water partition coefficient (Wildman–Crippen LogP) is 2.97. The second-order valence-corrected chi connectivity index (χ2v) is 7.70. The minimum absolute atomic E-state index is 0.374. The van der Waals surface area contributed by atoms with E-state index in [1.165, 1.54) is 44.5 Å². The fourth-order valence-corrected chi connectivity index (χ4v) is 3.69. The lowest BCUT2D eigenvalue weighted by Gasteiger charge is -2.33. The highest BCUT2D eigenvalue weighted by Gasteiger charge is 2.23. The van der Waals surface area contributed by atoms with E-state index in [0.717, 1.165) is 24.3 Å². The monoisotopic (exact) mass is 283 g/mol. The second kappa shape index (κ2) is 6.98. The van der Waals surface area contributed by atoms with Gasteiger partial charge in [-0.15, -0.1) is 0 Å². The zero-order chi connectivity index (χ0) is 13.7. The quantitative estimate of drug-likeness (QED) is 0.804. The summed E-state index contributed by atoms with van der Waals surface area (Å²) in [5.41, 5.74) is 0.374. The minimum Gasteiger partial charge on any atom is -0.365 e. The van der Waals surface area contributed by atoms with Gasteiger partial charge in [0.05, 0.1) is 0 Å². The molecule has 0 saturated carbocycles. The van der Waals surface area contributed by atoms with E-state index in [1.807, 2.05) is 11.8 Å². The Hall–Kier alpha value is -0.220. The van der Waals surface area contributed by atoms with Gasteiger partial charge in [-0.05, 0) is 38.1 Å². The number of thioether (sulfide) groups is 1. The molecular formula is C15H29N3S. The molecule has 1 N–H and O–H groups in total. The predicted molar refractivity (Wildman–Crippen MR) is 86.0 cm³/mol. The molecule has 0 aliphatic carbocycles. The molecule has 3 nitrogen and oxygen atoms in total. The van der Waals surface area contributed by atoms with Gasteiger partial charge in [0.2, 0.25) is 0 Å². The Morgan fingerprint density at radius 3 is 2.95 bits per heavy atom.